The summed E-state index contributed by atoms with van der Waals surface area (Å²) >= 11 is 0. The van der Waals surface area contributed by atoms with Crippen molar-refractivity contribution in [3.05, 3.63) is 29.8 Å². The standard InChI is InChI=1S/C16H26N4.HI/c1-13-5-7-15(8-6-13)19-16(17)18-11-14(2)12-20-9-3-4-10-20;/h5-8,14H,3-4,9-12H2,1-2H3,(H3,17,18,19);1H. The van der Waals surface area contributed by atoms with Crippen molar-refractivity contribution in [1.29, 1.82) is 0 Å². The number of guanidine groups is 1. The number of nitrogens with two attached hydrogens (primary N) is 1. The van der Waals surface area contributed by atoms with Crippen LogP contribution in [0.2, 0.25) is 0 Å². The van der Waals surface area contributed by atoms with Gasteiger partial charge in [0.2, 0.25) is 0 Å². The number of benzene rings is 1. The Balaban J connectivity index is 0.00000220. The Kier molecular flexibility index (Phi) is 8.03. The van der Waals surface area contributed by atoms with Crippen molar-refractivity contribution in [2.75, 3.05) is 31.5 Å². The first-order chi connectivity index (χ1) is 9.63. The lowest BCUT2D eigenvalue weighted by molar-refractivity contribution is 0.292. The molecule has 0 saturated carbocycles. The summed E-state index contributed by atoms with van der Waals surface area (Å²) in [5.74, 6) is 1.05. The van der Waals surface area contributed by atoms with Gasteiger partial charge in [0.1, 0.15) is 0 Å². The van der Waals surface area contributed by atoms with Crippen molar-refractivity contribution in [3.63, 3.8) is 0 Å². The Bertz CT molecular complexity index is 438. The molecular formula is C16H27IN4. The lowest BCUT2D eigenvalue weighted by Gasteiger charge is -2.18. The summed E-state index contributed by atoms with van der Waals surface area (Å²) in [7, 11) is 0. The van der Waals surface area contributed by atoms with Crippen LogP contribution in [-0.2, 0) is 0 Å². The molecule has 3 N–H and O–H groups in total. The zero-order valence-electron chi connectivity index (χ0n) is 13.0. The molecule has 1 fully saturated rings. The summed E-state index contributed by atoms with van der Waals surface area (Å²) in [6.07, 6.45) is 2.68. The van der Waals surface area contributed by atoms with Crippen LogP contribution in [0.3, 0.4) is 0 Å². The molecule has 0 amide bonds. The van der Waals surface area contributed by atoms with E-state index in [1.54, 1.807) is 0 Å². The maximum absolute atomic E-state index is 5.93. The maximum Gasteiger partial charge on any atom is 0.193 e. The van der Waals surface area contributed by atoms with Gasteiger partial charge in [0.15, 0.2) is 5.96 Å². The van der Waals surface area contributed by atoms with E-state index < -0.39 is 0 Å². The molecule has 0 radical (unpaired) electrons. The number of rotatable bonds is 5. The molecule has 0 spiro atoms. The van der Waals surface area contributed by atoms with E-state index in [2.05, 4.69) is 41.2 Å². The largest absolute Gasteiger partial charge is 0.370 e. The van der Waals surface area contributed by atoms with Crippen LogP contribution in [0.15, 0.2) is 29.3 Å². The third-order valence-corrected chi connectivity index (χ3v) is 3.67. The topological polar surface area (TPSA) is 53.6 Å². The molecule has 0 aromatic heterocycles. The van der Waals surface area contributed by atoms with Gasteiger partial charge in [0.25, 0.3) is 0 Å². The number of aryl methyl sites for hydroxylation is 1. The average molecular weight is 402 g/mol. The van der Waals surface area contributed by atoms with Gasteiger partial charge in [-0.3, -0.25) is 4.99 Å². The van der Waals surface area contributed by atoms with Crippen molar-refractivity contribution in [1.82, 2.24) is 4.90 Å². The van der Waals surface area contributed by atoms with Gasteiger partial charge in [-0.15, -0.1) is 24.0 Å². The predicted molar refractivity (Wildman–Crippen MR) is 102 cm³/mol. The van der Waals surface area contributed by atoms with Gasteiger partial charge < -0.3 is 16.0 Å². The molecule has 1 atom stereocenters. The summed E-state index contributed by atoms with van der Waals surface area (Å²) in [5, 5.41) is 3.13. The van der Waals surface area contributed by atoms with Crippen LogP contribution in [0.4, 0.5) is 5.69 Å². The highest BCUT2D eigenvalue weighted by atomic mass is 127. The fraction of sp³-hybridized carbons (Fsp3) is 0.562. The summed E-state index contributed by atoms with van der Waals surface area (Å²) < 4.78 is 0. The lowest BCUT2D eigenvalue weighted by Crippen LogP contribution is -2.28. The summed E-state index contributed by atoms with van der Waals surface area (Å²) in [5.41, 5.74) is 8.16. The van der Waals surface area contributed by atoms with Crippen LogP contribution in [-0.4, -0.2) is 37.0 Å². The molecule has 4 nitrogen and oxygen atoms in total. The van der Waals surface area contributed by atoms with E-state index in [4.69, 9.17) is 5.73 Å². The van der Waals surface area contributed by atoms with Gasteiger partial charge in [-0.25, -0.2) is 0 Å². The first-order valence-electron chi connectivity index (χ1n) is 7.49. The molecule has 2 rings (SSSR count). The smallest absolute Gasteiger partial charge is 0.193 e. The summed E-state index contributed by atoms with van der Waals surface area (Å²) in [4.78, 5) is 6.96. The van der Waals surface area contributed by atoms with Gasteiger partial charge >= 0.3 is 0 Å². The molecule has 1 aromatic rings. The van der Waals surface area contributed by atoms with Gasteiger partial charge in [0.05, 0.1) is 0 Å². The summed E-state index contributed by atoms with van der Waals surface area (Å²) in [6, 6.07) is 8.16. The normalized spacial score (nSPS) is 17.3. The Labute approximate surface area is 145 Å². The van der Waals surface area contributed by atoms with Crippen molar-refractivity contribution in [2.45, 2.75) is 26.7 Å². The number of hydrogen-bond acceptors (Lipinski definition) is 2. The van der Waals surface area contributed by atoms with E-state index in [0.29, 0.717) is 11.9 Å². The van der Waals surface area contributed by atoms with Gasteiger partial charge in [-0.05, 0) is 50.9 Å². The van der Waals surface area contributed by atoms with Crippen molar-refractivity contribution in [3.8, 4) is 0 Å². The first-order valence-corrected chi connectivity index (χ1v) is 7.49. The van der Waals surface area contributed by atoms with E-state index in [0.717, 1.165) is 18.8 Å². The van der Waals surface area contributed by atoms with Crippen LogP contribution in [0.5, 0.6) is 0 Å². The molecule has 1 aliphatic rings. The first kappa shape index (κ1) is 18.2. The molecule has 1 aliphatic heterocycles. The van der Waals surface area contributed by atoms with Crippen LogP contribution >= 0.6 is 24.0 Å². The van der Waals surface area contributed by atoms with Crippen LogP contribution in [0.1, 0.15) is 25.3 Å². The van der Waals surface area contributed by atoms with Crippen molar-refractivity contribution < 1.29 is 0 Å². The van der Waals surface area contributed by atoms with E-state index in [1.807, 2.05) is 12.1 Å². The predicted octanol–water partition coefficient (Wildman–Crippen LogP) is 3.07. The highest BCUT2D eigenvalue weighted by molar-refractivity contribution is 14.0. The number of likely N-dealkylation sites (tertiary alicyclic amines) is 1. The minimum absolute atomic E-state index is 0. The summed E-state index contributed by atoms with van der Waals surface area (Å²) in [6.45, 7) is 8.70. The second kappa shape index (κ2) is 9.25. The maximum atomic E-state index is 5.93. The third kappa shape index (κ3) is 6.65. The number of nitrogens with zero attached hydrogens (tertiary/aromatic N) is 2. The number of nitrogens with one attached hydrogen (secondary N) is 1. The molecule has 1 unspecified atom stereocenters. The highest BCUT2D eigenvalue weighted by Crippen LogP contribution is 2.11. The number of hydrogen-bond donors (Lipinski definition) is 2. The van der Waals surface area contributed by atoms with E-state index in [-0.39, 0.29) is 24.0 Å². The van der Waals surface area contributed by atoms with Crippen LogP contribution < -0.4 is 11.1 Å². The van der Waals surface area contributed by atoms with Gasteiger partial charge in [-0.2, -0.15) is 0 Å². The second-order valence-corrected chi connectivity index (χ2v) is 5.83. The molecule has 0 bridgehead atoms. The van der Waals surface area contributed by atoms with Gasteiger partial charge in [-0.1, -0.05) is 24.6 Å². The van der Waals surface area contributed by atoms with Crippen molar-refractivity contribution >= 4 is 35.6 Å². The fourth-order valence-corrected chi connectivity index (χ4v) is 2.54. The van der Waals surface area contributed by atoms with E-state index in [9.17, 15) is 0 Å². The molecule has 1 heterocycles. The highest BCUT2D eigenvalue weighted by Gasteiger charge is 2.14. The molecule has 1 saturated heterocycles. The lowest BCUT2D eigenvalue weighted by atomic mass is 10.2. The van der Waals surface area contributed by atoms with Crippen LogP contribution in [0, 0.1) is 12.8 Å². The molecule has 5 heteroatoms. The second-order valence-electron chi connectivity index (χ2n) is 5.83. The van der Waals surface area contributed by atoms with E-state index >= 15 is 0 Å². The number of aliphatic imine (C=N–C) groups is 1. The monoisotopic (exact) mass is 402 g/mol. The molecule has 21 heavy (non-hydrogen) atoms. The Morgan fingerprint density at radius 3 is 2.52 bits per heavy atom. The minimum Gasteiger partial charge on any atom is -0.370 e. The average Bonchev–Trinajstić information content (AvgIpc) is 2.92. The quantitative estimate of drug-likeness (QED) is 0.452. The third-order valence-electron chi connectivity index (χ3n) is 3.67. The minimum atomic E-state index is 0. The Morgan fingerprint density at radius 2 is 1.90 bits per heavy atom. The number of anilines is 1. The fourth-order valence-electron chi connectivity index (χ4n) is 2.54. The molecule has 118 valence electrons. The van der Waals surface area contributed by atoms with Crippen LogP contribution in [0.25, 0.3) is 0 Å². The van der Waals surface area contributed by atoms with E-state index in [1.165, 1.54) is 31.5 Å². The zero-order chi connectivity index (χ0) is 14.4. The SMILES string of the molecule is Cc1ccc(NC(N)=NCC(C)CN2CCCC2)cc1.I. The molecular weight excluding hydrogens is 375 g/mol. The van der Waals surface area contributed by atoms with Gasteiger partial charge in [0, 0.05) is 18.8 Å². The Hall–Kier alpha value is -0.820. The Morgan fingerprint density at radius 1 is 1.29 bits per heavy atom. The molecule has 0 aliphatic carbocycles. The number of halogens is 1. The van der Waals surface area contributed by atoms with Crippen molar-refractivity contribution in [2.24, 2.45) is 16.6 Å². The zero-order valence-corrected chi connectivity index (χ0v) is 15.3. The molecule has 1 aromatic carbocycles.